The lowest BCUT2D eigenvalue weighted by atomic mass is 10.1. The van der Waals surface area contributed by atoms with Gasteiger partial charge in [0.05, 0.1) is 5.75 Å². The van der Waals surface area contributed by atoms with Crippen molar-refractivity contribution in [2.75, 3.05) is 12.3 Å². The van der Waals surface area contributed by atoms with Crippen LogP contribution in [0.1, 0.15) is 29.7 Å². The molecule has 0 radical (unpaired) electrons. The minimum Gasteiger partial charge on any atom is -0.263 e. The predicted molar refractivity (Wildman–Crippen MR) is 81.5 cm³/mol. The lowest BCUT2D eigenvalue weighted by Gasteiger charge is -2.01. The monoisotopic (exact) mass is 308 g/mol. The van der Waals surface area contributed by atoms with Gasteiger partial charge in [-0.15, -0.1) is 0 Å². The summed E-state index contributed by atoms with van der Waals surface area (Å²) in [4.78, 5) is 4.37. The zero-order valence-electron chi connectivity index (χ0n) is 12.3. The number of hydrogen-bond donors (Lipinski definition) is 2. The Kier molecular flexibility index (Phi) is 5.08. The number of nitrogens with one attached hydrogen (secondary N) is 2. The van der Waals surface area contributed by atoms with Crippen LogP contribution in [-0.4, -0.2) is 35.9 Å². The summed E-state index contributed by atoms with van der Waals surface area (Å²) in [5, 5.41) is 7.00. The van der Waals surface area contributed by atoms with Crippen molar-refractivity contribution in [3.05, 3.63) is 47.0 Å². The molecule has 6 nitrogen and oxygen atoms in total. The van der Waals surface area contributed by atoms with Crippen molar-refractivity contribution < 1.29 is 8.42 Å². The molecule has 0 aliphatic carbocycles. The maximum Gasteiger partial charge on any atom is 0.211 e. The number of rotatable bonds is 7. The van der Waals surface area contributed by atoms with E-state index in [1.165, 1.54) is 5.56 Å². The van der Waals surface area contributed by atoms with Crippen LogP contribution in [0, 0.1) is 6.92 Å². The first-order valence-electron chi connectivity index (χ1n) is 6.91. The van der Waals surface area contributed by atoms with E-state index in [1.807, 2.05) is 6.92 Å². The SMILES string of the molecule is CCS(=O)(=O)NCCc1n[nH]c(Cc2ccc(C)cc2)n1. The molecule has 1 heterocycles. The molecule has 0 fully saturated rings. The molecule has 0 bridgehead atoms. The summed E-state index contributed by atoms with van der Waals surface area (Å²) in [6, 6.07) is 8.25. The molecule has 0 amide bonds. The van der Waals surface area contributed by atoms with Crippen LogP contribution in [0.2, 0.25) is 0 Å². The van der Waals surface area contributed by atoms with Crippen molar-refractivity contribution in [1.82, 2.24) is 19.9 Å². The van der Waals surface area contributed by atoms with Crippen LogP contribution in [0.25, 0.3) is 0 Å². The van der Waals surface area contributed by atoms with Gasteiger partial charge >= 0.3 is 0 Å². The largest absolute Gasteiger partial charge is 0.263 e. The molecule has 0 saturated heterocycles. The van der Waals surface area contributed by atoms with Gasteiger partial charge in [0.2, 0.25) is 10.0 Å². The molecule has 1 aromatic carbocycles. The third-order valence-corrected chi connectivity index (χ3v) is 4.52. The molecule has 2 rings (SSSR count). The van der Waals surface area contributed by atoms with Gasteiger partial charge in [-0.25, -0.2) is 18.1 Å². The van der Waals surface area contributed by atoms with Gasteiger partial charge < -0.3 is 0 Å². The van der Waals surface area contributed by atoms with Crippen LogP contribution in [0.15, 0.2) is 24.3 Å². The second-order valence-corrected chi connectivity index (χ2v) is 7.00. The van der Waals surface area contributed by atoms with E-state index in [1.54, 1.807) is 6.92 Å². The molecule has 0 unspecified atom stereocenters. The first-order valence-corrected chi connectivity index (χ1v) is 8.57. The van der Waals surface area contributed by atoms with E-state index >= 15 is 0 Å². The Labute approximate surface area is 125 Å². The first-order chi connectivity index (χ1) is 9.98. The van der Waals surface area contributed by atoms with Crippen LogP contribution in [0.4, 0.5) is 0 Å². The smallest absolute Gasteiger partial charge is 0.211 e. The van der Waals surface area contributed by atoms with Crippen LogP contribution in [0.3, 0.4) is 0 Å². The highest BCUT2D eigenvalue weighted by Crippen LogP contribution is 2.07. The van der Waals surface area contributed by atoms with E-state index in [0.29, 0.717) is 25.2 Å². The first kappa shape index (κ1) is 15.7. The average molecular weight is 308 g/mol. The van der Waals surface area contributed by atoms with Crippen LogP contribution in [0.5, 0.6) is 0 Å². The minimum atomic E-state index is -3.15. The van der Waals surface area contributed by atoms with Gasteiger partial charge in [0, 0.05) is 19.4 Å². The van der Waals surface area contributed by atoms with Crippen molar-refractivity contribution >= 4 is 10.0 Å². The van der Waals surface area contributed by atoms with Crippen LogP contribution < -0.4 is 4.72 Å². The molecule has 0 aliphatic heterocycles. The second kappa shape index (κ2) is 6.82. The number of benzene rings is 1. The molecule has 2 aromatic rings. The Morgan fingerprint density at radius 3 is 2.62 bits per heavy atom. The summed E-state index contributed by atoms with van der Waals surface area (Å²) in [7, 11) is -3.15. The van der Waals surface area contributed by atoms with Gasteiger partial charge in [0.15, 0.2) is 5.82 Å². The van der Waals surface area contributed by atoms with E-state index < -0.39 is 10.0 Å². The Morgan fingerprint density at radius 2 is 1.95 bits per heavy atom. The van der Waals surface area contributed by atoms with E-state index in [-0.39, 0.29) is 5.75 Å². The fraction of sp³-hybridized carbons (Fsp3) is 0.429. The predicted octanol–water partition coefficient (Wildman–Crippen LogP) is 1.19. The topological polar surface area (TPSA) is 87.7 Å². The molecule has 0 spiro atoms. The minimum absolute atomic E-state index is 0.0830. The maximum atomic E-state index is 11.3. The standard InChI is InChI=1S/C14H20N4O2S/c1-3-21(19,20)15-9-8-13-16-14(18-17-13)10-12-6-4-11(2)5-7-12/h4-7,15H,3,8-10H2,1-2H3,(H,16,17,18). The fourth-order valence-electron chi connectivity index (χ4n) is 1.85. The quantitative estimate of drug-likeness (QED) is 0.804. The Bertz CT molecular complexity index is 677. The summed E-state index contributed by atoms with van der Waals surface area (Å²) in [6.45, 7) is 3.97. The van der Waals surface area contributed by atoms with Crippen molar-refractivity contribution in [3.63, 3.8) is 0 Å². The van der Waals surface area contributed by atoms with Gasteiger partial charge in [-0.3, -0.25) is 5.10 Å². The molecule has 2 N–H and O–H groups in total. The van der Waals surface area contributed by atoms with E-state index in [0.717, 1.165) is 11.4 Å². The normalized spacial score (nSPS) is 11.7. The molecule has 1 aromatic heterocycles. The summed E-state index contributed by atoms with van der Waals surface area (Å²) in [5.41, 5.74) is 2.38. The van der Waals surface area contributed by atoms with Crippen molar-refractivity contribution in [3.8, 4) is 0 Å². The van der Waals surface area contributed by atoms with Crippen molar-refractivity contribution in [2.45, 2.75) is 26.7 Å². The zero-order valence-corrected chi connectivity index (χ0v) is 13.1. The maximum absolute atomic E-state index is 11.3. The highest BCUT2D eigenvalue weighted by molar-refractivity contribution is 7.89. The van der Waals surface area contributed by atoms with Crippen LogP contribution >= 0.6 is 0 Å². The lowest BCUT2D eigenvalue weighted by molar-refractivity contribution is 0.582. The highest BCUT2D eigenvalue weighted by Gasteiger charge is 2.08. The van der Waals surface area contributed by atoms with E-state index in [2.05, 4.69) is 44.2 Å². The molecule has 0 atom stereocenters. The Hall–Kier alpha value is -1.73. The average Bonchev–Trinajstić information content (AvgIpc) is 2.89. The van der Waals surface area contributed by atoms with Gasteiger partial charge in [-0.1, -0.05) is 29.8 Å². The number of nitrogens with zero attached hydrogens (tertiary/aromatic N) is 2. The van der Waals surface area contributed by atoms with Crippen molar-refractivity contribution in [2.24, 2.45) is 0 Å². The third kappa shape index (κ3) is 4.95. The number of aryl methyl sites for hydroxylation is 1. The van der Waals surface area contributed by atoms with Crippen molar-refractivity contribution in [1.29, 1.82) is 0 Å². The Morgan fingerprint density at radius 1 is 1.24 bits per heavy atom. The molecule has 21 heavy (non-hydrogen) atoms. The number of sulfonamides is 1. The van der Waals surface area contributed by atoms with Gasteiger partial charge in [0.1, 0.15) is 5.82 Å². The van der Waals surface area contributed by atoms with Gasteiger partial charge in [-0.2, -0.15) is 5.10 Å². The molecule has 7 heteroatoms. The fourth-order valence-corrected chi connectivity index (χ4v) is 2.46. The Balaban J connectivity index is 1.88. The number of H-pyrrole nitrogens is 1. The number of aromatic nitrogens is 3. The summed E-state index contributed by atoms with van der Waals surface area (Å²) in [5.74, 6) is 1.49. The summed E-state index contributed by atoms with van der Waals surface area (Å²) in [6.07, 6.45) is 1.16. The number of hydrogen-bond acceptors (Lipinski definition) is 4. The van der Waals surface area contributed by atoms with Gasteiger partial charge in [-0.05, 0) is 19.4 Å². The van der Waals surface area contributed by atoms with E-state index in [4.69, 9.17) is 0 Å². The highest BCUT2D eigenvalue weighted by atomic mass is 32.2. The van der Waals surface area contributed by atoms with E-state index in [9.17, 15) is 8.42 Å². The number of aromatic amines is 1. The van der Waals surface area contributed by atoms with Gasteiger partial charge in [0.25, 0.3) is 0 Å². The second-order valence-electron chi connectivity index (χ2n) is 4.91. The molecule has 0 saturated carbocycles. The third-order valence-electron chi connectivity index (χ3n) is 3.12. The summed E-state index contributed by atoms with van der Waals surface area (Å²) >= 11 is 0. The zero-order chi connectivity index (χ0) is 15.3. The lowest BCUT2D eigenvalue weighted by Crippen LogP contribution is -2.27. The summed E-state index contributed by atoms with van der Waals surface area (Å²) < 4.78 is 25.1. The molecular formula is C14H20N4O2S. The molecule has 114 valence electrons. The van der Waals surface area contributed by atoms with Crippen LogP contribution in [-0.2, 0) is 22.9 Å². The molecular weight excluding hydrogens is 288 g/mol. The molecule has 0 aliphatic rings.